The topological polar surface area (TPSA) is 228 Å². The number of pyridine rings is 1. The fraction of sp³-hybridized carbons (Fsp3) is 0.167. The number of amides is 1. The molecule has 5 N–H and O–H groups in total. The van der Waals surface area contributed by atoms with Crippen molar-refractivity contribution in [3.63, 3.8) is 0 Å². The number of benzene rings is 3. The van der Waals surface area contributed by atoms with Gasteiger partial charge in [0.2, 0.25) is 0 Å². The Morgan fingerprint density at radius 1 is 0.746 bits per heavy atom. The van der Waals surface area contributed by atoms with E-state index in [4.69, 9.17) is 63.4 Å². The van der Waals surface area contributed by atoms with E-state index < -0.39 is 41.0 Å². The SMILES string of the molecule is COc1cnn(Cc2ncc(Cl)c(C(=O)N[C@@H](Cc3ccc(-c4c(O)cnn(C)c4=O)cc3)C(=O)O)c2Cl)c(=O)c1-c1ccc(C[C@H](NC(=S)c2c(Cl)cccc2Cl)C(=O)O)cc1. The summed E-state index contributed by atoms with van der Waals surface area (Å²) in [5.41, 5.74) is 0.778. The number of aliphatic carboxylic acids is 2. The van der Waals surface area contributed by atoms with Gasteiger partial charge in [-0.25, -0.2) is 19.0 Å². The monoisotopic (exact) mass is 951 g/mol. The van der Waals surface area contributed by atoms with Gasteiger partial charge in [0, 0.05) is 31.6 Å². The second-order valence-corrected chi connectivity index (χ2v) is 15.8. The largest absolute Gasteiger partial charge is 0.505 e. The number of aryl methyl sites for hydroxylation is 1. The van der Waals surface area contributed by atoms with E-state index in [0.717, 1.165) is 21.8 Å². The first-order valence-corrected chi connectivity index (χ1v) is 20.3. The molecule has 0 aliphatic carbocycles. The molecule has 0 aliphatic heterocycles. The molecule has 21 heteroatoms. The van der Waals surface area contributed by atoms with Crippen LogP contribution in [0, 0.1) is 0 Å². The summed E-state index contributed by atoms with van der Waals surface area (Å²) in [5.74, 6) is -3.68. The highest BCUT2D eigenvalue weighted by Gasteiger charge is 2.27. The Morgan fingerprint density at radius 2 is 1.30 bits per heavy atom. The highest BCUT2D eigenvalue weighted by molar-refractivity contribution is 7.80. The maximum absolute atomic E-state index is 14.0. The van der Waals surface area contributed by atoms with E-state index in [1.54, 1.807) is 54.6 Å². The van der Waals surface area contributed by atoms with Gasteiger partial charge in [0.25, 0.3) is 17.0 Å². The van der Waals surface area contributed by atoms with Gasteiger partial charge in [-0.1, -0.05) is 113 Å². The molecule has 2 atom stereocenters. The standard InChI is InChI=1S/C42H33Cl4N7O9S/c1-52-39(56)32(30(54)17-48-52)22-10-6-20(7-11-22)14-27(41(58)59)50-37(55)35-26(45)16-47-29(36(35)46)19-53-40(57)33(31(62-2)18-49-53)23-12-8-21(9-13-23)15-28(42(60)61)51-38(63)34-24(43)4-3-5-25(34)44/h3-13,16-18,27-28,54H,14-15,19H2,1-2H3,(H,50,55)(H,51,63)(H,58,59)(H,60,61)/t27-,28-/m0/s1. The maximum Gasteiger partial charge on any atom is 0.326 e. The van der Waals surface area contributed by atoms with Crippen molar-refractivity contribution in [2.75, 3.05) is 7.11 Å². The lowest BCUT2D eigenvalue weighted by molar-refractivity contribution is -0.140. The number of thiocarbonyl (C=S) groups is 1. The number of carbonyl (C=O) groups is 3. The molecule has 3 aromatic carbocycles. The van der Waals surface area contributed by atoms with Crippen LogP contribution in [-0.2, 0) is 36.0 Å². The summed E-state index contributed by atoms with van der Waals surface area (Å²) in [5, 5.41) is 43.5. The normalized spacial score (nSPS) is 12.0. The molecular formula is C42H33Cl4N7O9S. The van der Waals surface area contributed by atoms with Gasteiger partial charge in [0.1, 0.15) is 22.8 Å². The number of carboxylic acids is 2. The third kappa shape index (κ3) is 10.3. The third-order valence-corrected chi connectivity index (χ3v) is 11.3. The zero-order chi connectivity index (χ0) is 45.7. The molecule has 0 saturated heterocycles. The van der Waals surface area contributed by atoms with E-state index in [9.17, 15) is 39.3 Å². The first kappa shape index (κ1) is 46.1. The summed E-state index contributed by atoms with van der Waals surface area (Å²) in [6, 6.07) is 14.8. The molecule has 1 amide bonds. The van der Waals surface area contributed by atoms with Crippen LogP contribution < -0.4 is 26.5 Å². The van der Waals surface area contributed by atoms with Crippen molar-refractivity contribution in [3.8, 4) is 33.8 Å². The smallest absolute Gasteiger partial charge is 0.326 e. The quantitative estimate of drug-likeness (QED) is 0.0764. The van der Waals surface area contributed by atoms with E-state index in [0.29, 0.717) is 27.8 Å². The maximum atomic E-state index is 14.0. The Bertz CT molecular complexity index is 2870. The molecule has 0 fully saturated rings. The van der Waals surface area contributed by atoms with Crippen molar-refractivity contribution in [2.45, 2.75) is 31.5 Å². The molecule has 0 aliphatic rings. The van der Waals surface area contributed by atoms with Crippen LogP contribution in [0.5, 0.6) is 11.5 Å². The zero-order valence-corrected chi connectivity index (χ0v) is 36.6. The minimum absolute atomic E-state index is 0.00320. The van der Waals surface area contributed by atoms with Crippen molar-refractivity contribution in [2.24, 2.45) is 7.05 Å². The van der Waals surface area contributed by atoms with Crippen molar-refractivity contribution in [3.05, 3.63) is 154 Å². The lowest BCUT2D eigenvalue weighted by Gasteiger charge is -2.18. The number of halogens is 4. The third-order valence-electron chi connectivity index (χ3n) is 9.68. The van der Waals surface area contributed by atoms with E-state index in [1.165, 1.54) is 32.5 Å². The molecule has 3 heterocycles. The Balaban J connectivity index is 1.19. The second kappa shape index (κ2) is 19.8. The van der Waals surface area contributed by atoms with E-state index in [1.807, 2.05) is 0 Å². The van der Waals surface area contributed by atoms with Crippen LogP contribution in [0.2, 0.25) is 20.1 Å². The molecule has 63 heavy (non-hydrogen) atoms. The number of hydrogen-bond acceptors (Lipinski definition) is 11. The molecular weight excluding hydrogens is 920 g/mol. The minimum atomic E-state index is -1.47. The fourth-order valence-corrected chi connectivity index (χ4v) is 8.07. The summed E-state index contributed by atoms with van der Waals surface area (Å²) < 4.78 is 7.55. The Labute approximate surface area is 382 Å². The van der Waals surface area contributed by atoms with Crippen LogP contribution in [0.3, 0.4) is 0 Å². The van der Waals surface area contributed by atoms with Crippen molar-refractivity contribution in [1.29, 1.82) is 0 Å². The van der Waals surface area contributed by atoms with Gasteiger partial charge in [-0.15, -0.1) is 0 Å². The average Bonchev–Trinajstić information content (AvgIpc) is 3.24. The molecule has 3 aromatic heterocycles. The number of rotatable bonds is 15. The summed E-state index contributed by atoms with van der Waals surface area (Å²) in [6.45, 7) is -0.351. The molecule has 16 nitrogen and oxygen atoms in total. The van der Waals surface area contributed by atoms with Crippen LogP contribution in [0.1, 0.15) is 32.7 Å². The Hall–Kier alpha value is -6.37. The molecule has 0 saturated carbocycles. The zero-order valence-electron chi connectivity index (χ0n) is 32.8. The first-order chi connectivity index (χ1) is 30.0. The second-order valence-electron chi connectivity index (χ2n) is 13.8. The number of carboxylic acid groups (broad SMARTS) is 2. The number of aromatic hydroxyl groups is 1. The highest BCUT2D eigenvalue weighted by Crippen LogP contribution is 2.30. The number of nitrogens with zero attached hydrogens (tertiary/aromatic N) is 5. The molecule has 0 spiro atoms. The highest BCUT2D eigenvalue weighted by atomic mass is 35.5. The van der Waals surface area contributed by atoms with Crippen LogP contribution in [0.25, 0.3) is 22.3 Å². The van der Waals surface area contributed by atoms with E-state index in [-0.39, 0.29) is 78.3 Å². The Kier molecular flexibility index (Phi) is 14.5. The molecule has 6 aromatic rings. The number of hydrogen-bond donors (Lipinski definition) is 5. The van der Waals surface area contributed by atoms with Gasteiger partial charge in [-0.05, 0) is 34.4 Å². The fourth-order valence-electron chi connectivity index (χ4n) is 6.43. The van der Waals surface area contributed by atoms with Crippen molar-refractivity contribution < 1.29 is 34.4 Å². The van der Waals surface area contributed by atoms with E-state index in [2.05, 4.69) is 25.8 Å². The van der Waals surface area contributed by atoms with Crippen LogP contribution in [0.4, 0.5) is 0 Å². The van der Waals surface area contributed by atoms with Gasteiger partial charge in [0.15, 0.2) is 5.75 Å². The van der Waals surface area contributed by atoms with Gasteiger partial charge in [-0.2, -0.15) is 10.2 Å². The predicted octanol–water partition coefficient (Wildman–Crippen LogP) is 5.83. The number of ether oxygens (including phenoxy) is 1. The minimum Gasteiger partial charge on any atom is -0.505 e. The van der Waals surface area contributed by atoms with Gasteiger partial charge in [-0.3, -0.25) is 19.4 Å². The number of carbonyl (C=O) groups excluding carboxylic acids is 1. The van der Waals surface area contributed by atoms with Crippen molar-refractivity contribution in [1.82, 2.24) is 35.2 Å². The summed E-state index contributed by atoms with van der Waals surface area (Å²) in [6.07, 6.45) is 3.38. The molecule has 0 bridgehead atoms. The number of nitrogens with one attached hydrogen (secondary N) is 2. The molecule has 0 radical (unpaired) electrons. The Morgan fingerprint density at radius 3 is 1.86 bits per heavy atom. The first-order valence-electron chi connectivity index (χ1n) is 18.4. The van der Waals surface area contributed by atoms with Gasteiger partial charge >= 0.3 is 11.9 Å². The number of aromatic nitrogens is 5. The average molecular weight is 954 g/mol. The molecule has 324 valence electrons. The van der Waals surface area contributed by atoms with Crippen LogP contribution in [-0.4, -0.2) is 81.9 Å². The predicted molar refractivity (Wildman–Crippen MR) is 239 cm³/mol. The van der Waals surface area contributed by atoms with E-state index >= 15 is 0 Å². The van der Waals surface area contributed by atoms with Gasteiger partial charge in [0.05, 0.1) is 68.5 Å². The van der Waals surface area contributed by atoms with Crippen LogP contribution in [0.15, 0.2) is 94.9 Å². The lowest BCUT2D eigenvalue weighted by atomic mass is 10.0. The van der Waals surface area contributed by atoms with Crippen molar-refractivity contribution >= 4 is 81.5 Å². The molecule has 0 unspecified atom stereocenters. The number of methoxy groups -OCH3 is 1. The summed E-state index contributed by atoms with van der Waals surface area (Å²) in [7, 11) is 2.79. The lowest BCUT2D eigenvalue weighted by Crippen LogP contribution is -2.42. The summed E-state index contributed by atoms with van der Waals surface area (Å²) >= 11 is 31.0. The molecule has 6 rings (SSSR count). The van der Waals surface area contributed by atoms with Gasteiger partial charge < -0.3 is 30.7 Å². The van der Waals surface area contributed by atoms with Crippen LogP contribution >= 0.6 is 58.6 Å². The summed E-state index contributed by atoms with van der Waals surface area (Å²) in [4.78, 5) is 69.0.